The molecule has 45 heavy (non-hydrogen) atoms. The highest BCUT2D eigenvalue weighted by molar-refractivity contribution is 5.94. The molecule has 2 aliphatic carbocycles. The number of aromatic nitrogens is 2. The van der Waals surface area contributed by atoms with Crippen molar-refractivity contribution in [1.29, 1.82) is 0 Å². The Hall–Kier alpha value is -4.29. The second-order valence-corrected chi connectivity index (χ2v) is 13.1. The summed E-state index contributed by atoms with van der Waals surface area (Å²) in [4.78, 5) is 42.8. The lowest BCUT2D eigenvalue weighted by molar-refractivity contribution is -0.119. The molecule has 0 spiro atoms. The van der Waals surface area contributed by atoms with Gasteiger partial charge in [0.25, 0.3) is 5.89 Å². The number of carbonyl (C=O) groups is 1. The van der Waals surface area contributed by atoms with Crippen LogP contribution in [-0.2, 0) is 22.2 Å². The molecule has 12 nitrogen and oxygen atoms in total. The van der Waals surface area contributed by atoms with E-state index in [1.54, 1.807) is 26.8 Å². The van der Waals surface area contributed by atoms with Crippen molar-refractivity contribution in [1.82, 2.24) is 20.8 Å². The standard InChI is InChI=1S/C33H38N6O6/c1-6-33-24-21(16-23(32(33,5)41)34-17-19-12-13-19)14-15-22(37-42)26(24)44-27(33)25(38-43)18(2)29(40)36-31(3,4)30-35-28(39-45-30)20-10-8-7-9-11-20/h7-11,14-15,19,23,27,34,41H,6,12-13,16-17H2,1-5H3,(H,36,40)/b25-18-/t23?,27?,32-,33?/m1/s1. The Morgan fingerprint density at radius 1 is 1.16 bits per heavy atom. The number of benzene rings is 2. The summed E-state index contributed by atoms with van der Waals surface area (Å²) in [5, 5.41) is 29.5. The first-order valence-electron chi connectivity index (χ1n) is 15.4. The second kappa shape index (κ2) is 11.3. The fourth-order valence-corrected chi connectivity index (χ4v) is 7.01. The maximum Gasteiger partial charge on any atom is 0.252 e. The molecule has 6 rings (SSSR count). The fraction of sp³-hybridized carbons (Fsp3) is 0.485. The van der Waals surface area contributed by atoms with Gasteiger partial charge in [-0.2, -0.15) is 4.98 Å². The Morgan fingerprint density at radius 2 is 1.89 bits per heavy atom. The lowest BCUT2D eigenvalue weighted by Crippen LogP contribution is -2.68. The topological polar surface area (TPSA) is 168 Å². The molecule has 3 aliphatic rings. The van der Waals surface area contributed by atoms with Gasteiger partial charge in [0.2, 0.25) is 11.7 Å². The third-order valence-electron chi connectivity index (χ3n) is 9.85. The van der Waals surface area contributed by atoms with Gasteiger partial charge in [0.15, 0.2) is 11.9 Å². The molecule has 1 aliphatic heterocycles. The molecule has 1 aromatic heterocycles. The zero-order valence-electron chi connectivity index (χ0n) is 26.1. The number of hydrogen-bond acceptors (Lipinski definition) is 11. The fourth-order valence-electron chi connectivity index (χ4n) is 7.01. The summed E-state index contributed by atoms with van der Waals surface area (Å²) in [7, 11) is 0. The number of aliphatic hydroxyl groups is 1. The van der Waals surface area contributed by atoms with Gasteiger partial charge in [-0.15, -0.1) is 9.81 Å². The predicted molar refractivity (Wildman–Crippen MR) is 167 cm³/mol. The van der Waals surface area contributed by atoms with Gasteiger partial charge in [0.05, 0.1) is 11.0 Å². The molecule has 3 N–H and O–H groups in total. The maximum atomic E-state index is 13.8. The number of nitroso groups, excluding NO2 is 2. The van der Waals surface area contributed by atoms with Gasteiger partial charge in [0.1, 0.15) is 16.9 Å². The van der Waals surface area contributed by atoms with Crippen LogP contribution in [0.25, 0.3) is 11.4 Å². The SMILES string of the molecule is CCC12c3c(ccc(N=O)c3OC1/C(N=O)=C(\C)C(=O)NC(C)(C)c1nc(-c3ccccc3)no1)CC(NCC1CC1)[C@@]2(C)O. The molecule has 2 heterocycles. The lowest BCUT2D eigenvalue weighted by Gasteiger charge is -2.53. The predicted octanol–water partition coefficient (Wildman–Crippen LogP) is 5.31. The normalized spacial score (nSPS) is 26.0. The summed E-state index contributed by atoms with van der Waals surface area (Å²) in [6, 6.07) is 12.3. The van der Waals surface area contributed by atoms with Gasteiger partial charge in [-0.3, -0.25) is 4.79 Å². The monoisotopic (exact) mass is 614 g/mol. The van der Waals surface area contributed by atoms with E-state index in [1.807, 2.05) is 43.3 Å². The maximum absolute atomic E-state index is 13.8. The van der Waals surface area contributed by atoms with Crippen molar-refractivity contribution in [3.8, 4) is 17.1 Å². The van der Waals surface area contributed by atoms with E-state index in [-0.39, 0.29) is 34.6 Å². The van der Waals surface area contributed by atoms with Crippen molar-refractivity contribution >= 4 is 11.6 Å². The van der Waals surface area contributed by atoms with Crippen molar-refractivity contribution in [2.75, 3.05) is 6.54 Å². The smallest absolute Gasteiger partial charge is 0.252 e. The third-order valence-corrected chi connectivity index (χ3v) is 9.85. The number of nitrogens with zero attached hydrogens (tertiary/aromatic N) is 4. The molecule has 12 heteroatoms. The van der Waals surface area contributed by atoms with Crippen LogP contribution >= 0.6 is 0 Å². The minimum Gasteiger partial charge on any atom is -0.480 e. The van der Waals surface area contributed by atoms with Gasteiger partial charge in [-0.1, -0.05) is 48.5 Å². The van der Waals surface area contributed by atoms with Crippen LogP contribution in [-0.4, -0.2) is 45.4 Å². The third kappa shape index (κ3) is 4.96. The quantitative estimate of drug-likeness (QED) is 0.191. The first-order valence-corrected chi connectivity index (χ1v) is 15.4. The molecule has 0 saturated heterocycles. The van der Waals surface area contributed by atoms with Crippen molar-refractivity contribution < 1.29 is 19.2 Å². The molecule has 3 unspecified atom stereocenters. The van der Waals surface area contributed by atoms with E-state index < -0.39 is 28.6 Å². The number of carbonyl (C=O) groups excluding carboxylic acids is 1. The van der Waals surface area contributed by atoms with E-state index in [0.29, 0.717) is 30.1 Å². The summed E-state index contributed by atoms with van der Waals surface area (Å²) in [6.45, 7) is 9.29. The Labute approximate surface area is 261 Å². The van der Waals surface area contributed by atoms with Crippen LogP contribution in [0.5, 0.6) is 5.75 Å². The first kappa shape index (κ1) is 30.7. The van der Waals surface area contributed by atoms with Crippen LogP contribution in [0, 0.1) is 15.7 Å². The summed E-state index contributed by atoms with van der Waals surface area (Å²) < 4.78 is 11.9. The zero-order valence-corrected chi connectivity index (χ0v) is 26.1. The molecule has 1 fully saturated rings. The van der Waals surface area contributed by atoms with Crippen LogP contribution in [0.1, 0.15) is 70.9 Å². The van der Waals surface area contributed by atoms with E-state index in [1.165, 1.54) is 6.92 Å². The number of hydrogen-bond donors (Lipinski definition) is 3. The minimum absolute atomic E-state index is 0.00229. The molecule has 1 saturated carbocycles. The first-order chi connectivity index (χ1) is 21.5. The van der Waals surface area contributed by atoms with Crippen LogP contribution in [0.4, 0.5) is 5.69 Å². The van der Waals surface area contributed by atoms with E-state index in [4.69, 9.17) is 9.26 Å². The lowest BCUT2D eigenvalue weighted by atomic mass is 9.55. The number of rotatable bonds is 11. The molecule has 2 aromatic carbocycles. The second-order valence-electron chi connectivity index (χ2n) is 13.1. The molecular weight excluding hydrogens is 576 g/mol. The molecular formula is C33H38N6O6. The van der Waals surface area contributed by atoms with Crippen molar-refractivity contribution in [2.45, 2.75) is 89.0 Å². The van der Waals surface area contributed by atoms with Crippen molar-refractivity contribution in [3.05, 3.63) is 80.6 Å². The summed E-state index contributed by atoms with van der Waals surface area (Å²) in [5.74, 6) is 0.717. The highest BCUT2D eigenvalue weighted by atomic mass is 16.5. The number of ether oxygens (including phenoxy) is 1. The molecule has 236 valence electrons. The van der Waals surface area contributed by atoms with Crippen LogP contribution < -0.4 is 15.4 Å². The van der Waals surface area contributed by atoms with E-state index in [2.05, 4.69) is 31.1 Å². The average molecular weight is 615 g/mol. The van der Waals surface area contributed by atoms with Crippen LogP contribution in [0.3, 0.4) is 0 Å². The minimum atomic E-state index is -1.45. The largest absolute Gasteiger partial charge is 0.480 e. The molecule has 0 radical (unpaired) electrons. The van der Waals surface area contributed by atoms with Gasteiger partial charge >= 0.3 is 0 Å². The van der Waals surface area contributed by atoms with Crippen LogP contribution in [0.2, 0.25) is 0 Å². The Bertz CT molecular complexity index is 1680. The molecule has 4 atom stereocenters. The van der Waals surface area contributed by atoms with Gasteiger partial charge < -0.3 is 25.0 Å². The number of nitrogens with one attached hydrogen (secondary N) is 2. The van der Waals surface area contributed by atoms with E-state index >= 15 is 0 Å². The molecule has 0 bridgehead atoms. The van der Waals surface area contributed by atoms with E-state index in [0.717, 1.165) is 30.5 Å². The molecule has 3 aromatic rings. The summed E-state index contributed by atoms with van der Waals surface area (Å²) in [6.07, 6.45) is 1.95. The summed E-state index contributed by atoms with van der Waals surface area (Å²) in [5.41, 5.74) is -1.62. The summed E-state index contributed by atoms with van der Waals surface area (Å²) >= 11 is 0. The van der Waals surface area contributed by atoms with Gasteiger partial charge in [-0.25, -0.2) is 0 Å². The van der Waals surface area contributed by atoms with Gasteiger partial charge in [0, 0.05) is 22.7 Å². The number of amides is 1. The van der Waals surface area contributed by atoms with E-state index in [9.17, 15) is 19.7 Å². The van der Waals surface area contributed by atoms with Crippen molar-refractivity contribution in [2.24, 2.45) is 16.3 Å². The Kier molecular flexibility index (Phi) is 7.68. The van der Waals surface area contributed by atoms with Crippen LogP contribution in [0.15, 0.2) is 68.6 Å². The highest BCUT2D eigenvalue weighted by Gasteiger charge is 2.66. The molecule has 1 amide bonds. The Morgan fingerprint density at radius 3 is 2.53 bits per heavy atom. The zero-order chi connectivity index (χ0) is 32.1. The van der Waals surface area contributed by atoms with Gasteiger partial charge in [-0.05, 0) is 87.8 Å². The van der Waals surface area contributed by atoms with Crippen molar-refractivity contribution in [3.63, 3.8) is 0 Å². The highest BCUT2D eigenvalue weighted by Crippen LogP contribution is 2.61. The average Bonchev–Trinajstić information content (AvgIpc) is 3.57. The Balaban J connectivity index is 1.37.